The molecule has 1 atom stereocenters. The lowest BCUT2D eigenvalue weighted by Gasteiger charge is -2.31. The molecule has 0 bridgehead atoms. The number of aliphatic imine (C=N–C) groups is 1. The number of hydrogen-bond donors (Lipinski definition) is 3. The Kier molecular flexibility index (Phi) is 6.73. The highest BCUT2D eigenvalue weighted by Gasteiger charge is 2.30. The van der Waals surface area contributed by atoms with Crippen LogP contribution in [0.3, 0.4) is 0 Å². The third-order valence-electron chi connectivity index (χ3n) is 4.91. The molecular formula is C22H28ClN5. The summed E-state index contributed by atoms with van der Waals surface area (Å²) in [6.07, 6.45) is 1.94. The minimum Gasteiger partial charge on any atom is -0.370 e. The second-order valence-electron chi connectivity index (χ2n) is 6.80. The Morgan fingerprint density at radius 3 is 2.39 bits per heavy atom. The van der Waals surface area contributed by atoms with Crippen LogP contribution in [0.4, 0.5) is 0 Å². The molecule has 28 heavy (non-hydrogen) atoms. The van der Waals surface area contributed by atoms with E-state index in [0.717, 1.165) is 49.0 Å². The SMILES string of the molecule is CCN(CC)CCNC1=CC(N)(c2ccc(Cl)cc2)N=C(c2ccccc2)N1. The molecule has 1 heterocycles. The Bertz CT molecular complexity index is 828. The summed E-state index contributed by atoms with van der Waals surface area (Å²) in [6.45, 7) is 8.20. The minimum absolute atomic E-state index is 0.676. The highest BCUT2D eigenvalue weighted by molar-refractivity contribution is 6.30. The van der Waals surface area contributed by atoms with Crippen LogP contribution in [0, 0.1) is 0 Å². The molecule has 2 aromatic rings. The van der Waals surface area contributed by atoms with Crippen LogP contribution in [-0.4, -0.2) is 36.9 Å². The second kappa shape index (κ2) is 9.24. The Hall–Kier alpha value is -2.34. The maximum Gasteiger partial charge on any atom is 0.158 e. The molecule has 1 unspecified atom stereocenters. The van der Waals surface area contributed by atoms with Crippen molar-refractivity contribution in [1.29, 1.82) is 0 Å². The van der Waals surface area contributed by atoms with Gasteiger partial charge in [0.25, 0.3) is 0 Å². The Labute approximate surface area is 172 Å². The number of rotatable bonds is 8. The molecule has 0 amide bonds. The number of nitrogens with two attached hydrogens (primary N) is 1. The maximum atomic E-state index is 6.74. The molecule has 1 aliphatic rings. The Morgan fingerprint density at radius 2 is 1.75 bits per heavy atom. The van der Waals surface area contributed by atoms with Gasteiger partial charge in [-0.15, -0.1) is 0 Å². The third-order valence-corrected chi connectivity index (χ3v) is 5.16. The van der Waals surface area contributed by atoms with Crippen LogP contribution in [0.5, 0.6) is 0 Å². The van der Waals surface area contributed by atoms with Gasteiger partial charge in [-0.1, -0.05) is 67.9 Å². The molecule has 5 nitrogen and oxygen atoms in total. The molecule has 4 N–H and O–H groups in total. The number of halogens is 1. The van der Waals surface area contributed by atoms with E-state index < -0.39 is 5.66 Å². The number of hydrogen-bond acceptors (Lipinski definition) is 5. The molecule has 0 radical (unpaired) electrons. The average molecular weight is 398 g/mol. The second-order valence-corrected chi connectivity index (χ2v) is 7.23. The predicted octanol–water partition coefficient (Wildman–Crippen LogP) is 3.27. The molecule has 148 valence electrons. The van der Waals surface area contributed by atoms with Crippen molar-refractivity contribution in [3.05, 3.63) is 82.6 Å². The van der Waals surface area contributed by atoms with E-state index >= 15 is 0 Å². The number of benzene rings is 2. The van der Waals surface area contributed by atoms with Gasteiger partial charge in [0, 0.05) is 29.8 Å². The molecule has 0 aliphatic carbocycles. The van der Waals surface area contributed by atoms with E-state index in [2.05, 4.69) is 29.4 Å². The first kappa shape index (κ1) is 20.4. The number of likely N-dealkylation sites (N-methyl/N-ethyl adjacent to an activating group) is 1. The quantitative estimate of drug-likeness (QED) is 0.639. The largest absolute Gasteiger partial charge is 0.370 e. The lowest BCUT2D eigenvalue weighted by Crippen LogP contribution is -2.46. The molecule has 0 saturated heterocycles. The summed E-state index contributed by atoms with van der Waals surface area (Å²) in [5.41, 5.74) is 7.63. The van der Waals surface area contributed by atoms with Gasteiger partial charge in [-0.05, 0) is 30.8 Å². The number of nitrogens with one attached hydrogen (secondary N) is 2. The summed E-state index contributed by atoms with van der Waals surface area (Å²) in [5, 5.41) is 7.55. The third kappa shape index (κ3) is 4.93. The van der Waals surface area contributed by atoms with Crippen molar-refractivity contribution >= 4 is 17.4 Å². The molecule has 0 fully saturated rings. The molecule has 0 spiro atoms. The van der Waals surface area contributed by atoms with Gasteiger partial charge < -0.3 is 15.5 Å². The smallest absolute Gasteiger partial charge is 0.158 e. The molecule has 1 aliphatic heterocycles. The van der Waals surface area contributed by atoms with E-state index in [-0.39, 0.29) is 0 Å². The van der Waals surface area contributed by atoms with Crippen molar-refractivity contribution in [3.8, 4) is 0 Å². The first-order valence-corrected chi connectivity index (χ1v) is 10.1. The normalized spacial score (nSPS) is 19.0. The van der Waals surface area contributed by atoms with Crippen molar-refractivity contribution in [2.45, 2.75) is 19.5 Å². The lowest BCUT2D eigenvalue weighted by molar-refractivity contribution is 0.305. The van der Waals surface area contributed by atoms with Crippen molar-refractivity contribution in [2.75, 3.05) is 26.2 Å². The van der Waals surface area contributed by atoms with Crippen LogP contribution in [0.1, 0.15) is 25.0 Å². The summed E-state index contributed by atoms with van der Waals surface area (Å²) in [7, 11) is 0. The summed E-state index contributed by atoms with van der Waals surface area (Å²) in [6, 6.07) is 17.5. The molecule has 3 rings (SSSR count). The van der Waals surface area contributed by atoms with Gasteiger partial charge in [0.2, 0.25) is 0 Å². The highest BCUT2D eigenvalue weighted by Crippen LogP contribution is 2.27. The van der Waals surface area contributed by atoms with Crippen LogP contribution in [-0.2, 0) is 5.66 Å². The zero-order valence-corrected chi connectivity index (χ0v) is 17.2. The molecular weight excluding hydrogens is 370 g/mol. The van der Waals surface area contributed by atoms with E-state index in [1.807, 2.05) is 60.7 Å². The van der Waals surface area contributed by atoms with Gasteiger partial charge in [0.15, 0.2) is 5.66 Å². The van der Waals surface area contributed by atoms with Crippen LogP contribution >= 0.6 is 11.6 Å². The zero-order chi connectivity index (χ0) is 20.0. The van der Waals surface area contributed by atoms with Crippen LogP contribution in [0.2, 0.25) is 5.02 Å². The average Bonchev–Trinajstić information content (AvgIpc) is 2.72. The minimum atomic E-state index is -0.974. The van der Waals surface area contributed by atoms with Crippen molar-refractivity contribution in [3.63, 3.8) is 0 Å². The summed E-state index contributed by atoms with van der Waals surface area (Å²) >= 11 is 6.05. The first-order valence-electron chi connectivity index (χ1n) is 9.70. The van der Waals surface area contributed by atoms with Crippen molar-refractivity contribution in [1.82, 2.24) is 15.5 Å². The molecule has 0 saturated carbocycles. The van der Waals surface area contributed by atoms with E-state index in [4.69, 9.17) is 22.3 Å². The van der Waals surface area contributed by atoms with Gasteiger partial charge in [-0.3, -0.25) is 5.73 Å². The van der Waals surface area contributed by atoms with Gasteiger partial charge in [-0.25, -0.2) is 4.99 Å². The van der Waals surface area contributed by atoms with Gasteiger partial charge in [-0.2, -0.15) is 0 Å². The molecule has 0 aromatic heterocycles. The summed E-state index contributed by atoms with van der Waals surface area (Å²) in [5.74, 6) is 1.60. The number of amidine groups is 1. The Balaban J connectivity index is 1.87. The van der Waals surface area contributed by atoms with E-state index in [1.165, 1.54) is 0 Å². The fourth-order valence-corrected chi connectivity index (χ4v) is 3.34. The fourth-order valence-electron chi connectivity index (χ4n) is 3.21. The van der Waals surface area contributed by atoms with Crippen LogP contribution in [0.15, 0.2) is 71.5 Å². The Morgan fingerprint density at radius 1 is 1.07 bits per heavy atom. The topological polar surface area (TPSA) is 65.7 Å². The van der Waals surface area contributed by atoms with Crippen molar-refractivity contribution < 1.29 is 0 Å². The summed E-state index contributed by atoms with van der Waals surface area (Å²) in [4.78, 5) is 7.20. The van der Waals surface area contributed by atoms with Gasteiger partial charge in [0.1, 0.15) is 11.7 Å². The van der Waals surface area contributed by atoms with Crippen molar-refractivity contribution in [2.24, 2.45) is 10.7 Å². The number of nitrogens with zero attached hydrogens (tertiary/aromatic N) is 2. The highest BCUT2D eigenvalue weighted by atomic mass is 35.5. The predicted molar refractivity (Wildman–Crippen MR) is 117 cm³/mol. The maximum absolute atomic E-state index is 6.74. The zero-order valence-electron chi connectivity index (χ0n) is 16.5. The monoisotopic (exact) mass is 397 g/mol. The van der Waals surface area contributed by atoms with Gasteiger partial charge >= 0.3 is 0 Å². The van der Waals surface area contributed by atoms with Gasteiger partial charge in [0.05, 0.1) is 0 Å². The first-order chi connectivity index (χ1) is 13.5. The van der Waals surface area contributed by atoms with Crippen LogP contribution in [0.25, 0.3) is 0 Å². The molecule has 2 aromatic carbocycles. The lowest BCUT2D eigenvalue weighted by atomic mass is 9.98. The van der Waals surface area contributed by atoms with E-state index in [0.29, 0.717) is 5.02 Å². The van der Waals surface area contributed by atoms with E-state index in [1.54, 1.807) is 0 Å². The fraction of sp³-hybridized carbons (Fsp3) is 0.318. The van der Waals surface area contributed by atoms with E-state index in [9.17, 15) is 0 Å². The van der Waals surface area contributed by atoms with Crippen LogP contribution < -0.4 is 16.4 Å². The summed E-state index contributed by atoms with van der Waals surface area (Å²) < 4.78 is 0. The molecule has 6 heteroatoms. The standard InChI is InChI=1S/C22H28ClN5/c1-3-28(4-2)15-14-25-20-16-22(24,18-10-12-19(23)13-11-18)27-21(26-20)17-8-6-5-7-9-17/h5-13,16,25H,3-4,14-15,24H2,1-2H3,(H,26,27).